The van der Waals surface area contributed by atoms with Crippen LogP contribution in [0.5, 0.6) is 17.2 Å². The smallest absolute Gasteiger partial charge is 0.322 e. The fourth-order valence-corrected chi connectivity index (χ4v) is 4.01. The Labute approximate surface area is 213 Å². The predicted octanol–water partition coefficient (Wildman–Crippen LogP) is 5.44. The summed E-state index contributed by atoms with van der Waals surface area (Å²) in [6.45, 7) is 0.331. The number of rotatable bonds is 8. The molecule has 0 fully saturated rings. The average molecular weight is 508 g/mol. The van der Waals surface area contributed by atoms with Crippen molar-refractivity contribution in [3.63, 3.8) is 0 Å². The lowest BCUT2D eigenvalue weighted by Gasteiger charge is -2.23. The van der Waals surface area contributed by atoms with Gasteiger partial charge in [0.05, 0.1) is 33.4 Å². The molecule has 8 nitrogen and oxygen atoms in total. The van der Waals surface area contributed by atoms with E-state index in [4.69, 9.17) is 25.8 Å². The van der Waals surface area contributed by atoms with E-state index in [0.717, 1.165) is 10.9 Å². The lowest BCUT2D eigenvalue weighted by Crippen LogP contribution is -2.35. The van der Waals surface area contributed by atoms with E-state index in [2.05, 4.69) is 10.3 Å². The Morgan fingerprint density at radius 2 is 1.64 bits per heavy atom. The number of anilines is 1. The van der Waals surface area contributed by atoms with Crippen molar-refractivity contribution in [2.24, 2.45) is 0 Å². The second-order valence-corrected chi connectivity index (χ2v) is 8.50. The van der Waals surface area contributed by atoms with Crippen LogP contribution in [0.25, 0.3) is 10.9 Å². The first-order valence-electron chi connectivity index (χ1n) is 11.1. The molecule has 0 spiro atoms. The number of carbonyl (C=O) groups is 1. The molecule has 2 amide bonds. The minimum absolute atomic E-state index is 0.0675. The SMILES string of the molecule is COc1ccc(CN(Cc2cc3cc(OC)c(OC)cc3[nH]c2=O)C(=O)Nc2cccc(Cl)c2)cc1. The number of nitrogens with one attached hydrogen (secondary N) is 2. The summed E-state index contributed by atoms with van der Waals surface area (Å²) in [5.74, 6) is 1.76. The van der Waals surface area contributed by atoms with Gasteiger partial charge in [-0.05, 0) is 48.0 Å². The highest BCUT2D eigenvalue weighted by Crippen LogP contribution is 2.31. The molecule has 2 N–H and O–H groups in total. The van der Waals surface area contributed by atoms with E-state index in [1.54, 1.807) is 61.6 Å². The number of ether oxygens (including phenoxy) is 3. The van der Waals surface area contributed by atoms with Crippen LogP contribution in [-0.2, 0) is 13.1 Å². The molecule has 9 heteroatoms. The predicted molar refractivity (Wildman–Crippen MR) is 140 cm³/mol. The number of hydrogen-bond acceptors (Lipinski definition) is 5. The molecule has 0 atom stereocenters. The molecule has 1 aromatic heterocycles. The van der Waals surface area contributed by atoms with Crippen LogP contribution in [0.1, 0.15) is 11.1 Å². The van der Waals surface area contributed by atoms with Crippen molar-refractivity contribution >= 4 is 34.2 Å². The van der Waals surface area contributed by atoms with Gasteiger partial charge in [-0.2, -0.15) is 0 Å². The summed E-state index contributed by atoms with van der Waals surface area (Å²) in [5.41, 5.74) is 2.15. The lowest BCUT2D eigenvalue weighted by molar-refractivity contribution is 0.206. The molecule has 4 aromatic rings. The number of hydrogen-bond donors (Lipinski definition) is 2. The van der Waals surface area contributed by atoms with E-state index >= 15 is 0 Å². The van der Waals surface area contributed by atoms with Gasteiger partial charge in [-0.3, -0.25) is 4.79 Å². The van der Waals surface area contributed by atoms with E-state index < -0.39 is 0 Å². The molecule has 186 valence electrons. The van der Waals surface area contributed by atoms with E-state index in [1.165, 1.54) is 7.11 Å². The van der Waals surface area contributed by atoms with Crippen molar-refractivity contribution in [2.75, 3.05) is 26.6 Å². The van der Waals surface area contributed by atoms with Gasteiger partial charge in [-0.15, -0.1) is 0 Å². The van der Waals surface area contributed by atoms with Crippen LogP contribution in [0.2, 0.25) is 5.02 Å². The van der Waals surface area contributed by atoms with Crippen molar-refractivity contribution in [3.8, 4) is 17.2 Å². The Morgan fingerprint density at radius 1 is 0.917 bits per heavy atom. The highest BCUT2D eigenvalue weighted by molar-refractivity contribution is 6.30. The van der Waals surface area contributed by atoms with E-state index in [-0.39, 0.29) is 24.7 Å². The third-order valence-corrected chi connectivity index (χ3v) is 5.92. The summed E-state index contributed by atoms with van der Waals surface area (Å²) < 4.78 is 16.0. The van der Waals surface area contributed by atoms with Crippen molar-refractivity contribution in [3.05, 3.63) is 93.2 Å². The van der Waals surface area contributed by atoms with Gasteiger partial charge < -0.3 is 29.4 Å². The molecule has 0 aliphatic carbocycles. The number of benzene rings is 3. The third-order valence-electron chi connectivity index (χ3n) is 5.68. The van der Waals surface area contributed by atoms with Crippen molar-refractivity contribution in [2.45, 2.75) is 13.1 Å². The van der Waals surface area contributed by atoms with Crippen LogP contribution in [0.3, 0.4) is 0 Å². The van der Waals surface area contributed by atoms with Gasteiger partial charge in [0.15, 0.2) is 11.5 Å². The molecule has 0 bridgehead atoms. The average Bonchev–Trinajstić information content (AvgIpc) is 2.88. The summed E-state index contributed by atoms with van der Waals surface area (Å²) in [6.07, 6.45) is 0. The van der Waals surface area contributed by atoms with Crippen LogP contribution in [-0.4, -0.2) is 37.2 Å². The van der Waals surface area contributed by atoms with Gasteiger partial charge in [0.2, 0.25) is 0 Å². The molecule has 36 heavy (non-hydrogen) atoms. The van der Waals surface area contributed by atoms with Crippen LogP contribution < -0.4 is 25.1 Å². The minimum atomic E-state index is -0.375. The number of methoxy groups -OCH3 is 3. The van der Waals surface area contributed by atoms with Gasteiger partial charge in [-0.25, -0.2) is 4.79 Å². The molecule has 0 saturated heterocycles. The van der Waals surface area contributed by atoms with Crippen molar-refractivity contribution in [1.29, 1.82) is 0 Å². The summed E-state index contributed by atoms with van der Waals surface area (Å²) >= 11 is 6.08. The Kier molecular flexibility index (Phi) is 7.65. The number of aromatic amines is 1. The van der Waals surface area contributed by atoms with Gasteiger partial charge in [0, 0.05) is 34.3 Å². The van der Waals surface area contributed by atoms with Crippen LogP contribution in [0.15, 0.2) is 71.5 Å². The Hall–Kier alpha value is -4.17. The fourth-order valence-electron chi connectivity index (χ4n) is 3.82. The van der Waals surface area contributed by atoms with Gasteiger partial charge >= 0.3 is 6.03 Å². The van der Waals surface area contributed by atoms with Gasteiger partial charge in [-0.1, -0.05) is 29.8 Å². The highest BCUT2D eigenvalue weighted by atomic mass is 35.5. The molecule has 0 aliphatic heterocycles. The summed E-state index contributed by atoms with van der Waals surface area (Å²) in [5, 5.41) is 4.12. The molecule has 1 heterocycles. The standard InChI is InChI=1S/C27H26ClN3O5/c1-34-22-9-7-17(8-10-22)15-31(27(33)29-21-6-4-5-20(28)13-21)16-19-11-18-12-24(35-2)25(36-3)14-23(18)30-26(19)32/h4-14H,15-16H2,1-3H3,(H,29,33)(H,30,32). The summed E-state index contributed by atoms with van der Waals surface area (Å²) in [4.78, 5) is 30.7. The molecule has 0 radical (unpaired) electrons. The molecule has 3 aromatic carbocycles. The largest absolute Gasteiger partial charge is 0.497 e. The molecular weight excluding hydrogens is 482 g/mol. The molecule has 0 aliphatic rings. The number of nitrogens with zero attached hydrogens (tertiary/aromatic N) is 1. The maximum absolute atomic E-state index is 13.3. The van der Waals surface area contributed by atoms with Gasteiger partial charge in [0.1, 0.15) is 5.75 Å². The van der Waals surface area contributed by atoms with Crippen molar-refractivity contribution in [1.82, 2.24) is 9.88 Å². The highest BCUT2D eigenvalue weighted by Gasteiger charge is 2.18. The fraction of sp³-hybridized carbons (Fsp3) is 0.185. The first kappa shape index (κ1) is 24.9. The number of pyridine rings is 1. The normalized spacial score (nSPS) is 10.7. The van der Waals surface area contributed by atoms with E-state index in [9.17, 15) is 9.59 Å². The zero-order chi connectivity index (χ0) is 25.7. The first-order valence-corrected chi connectivity index (χ1v) is 11.5. The minimum Gasteiger partial charge on any atom is -0.497 e. The lowest BCUT2D eigenvalue weighted by atomic mass is 10.1. The monoisotopic (exact) mass is 507 g/mol. The quantitative estimate of drug-likeness (QED) is 0.331. The number of aromatic nitrogens is 1. The van der Waals surface area contributed by atoms with Crippen LogP contribution in [0, 0.1) is 0 Å². The number of carbonyl (C=O) groups excluding carboxylic acids is 1. The Bertz CT molecular complexity index is 1440. The maximum atomic E-state index is 13.3. The second kappa shape index (κ2) is 11.0. The van der Waals surface area contributed by atoms with Crippen LogP contribution in [0.4, 0.5) is 10.5 Å². The number of fused-ring (bicyclic) bond motifs is 1. The Balaban J connectivity index is 1.67. The van der Waals surface area contributed by atoms with Gasteiger partial charge in [0.25, 0.3) is 5.56 Å². The molecule has 0 unspecified atom stereocenters. The number of H-pyrrole nitrogens is 1. The van der Waals surface area contributed by atoms with E-state index in [1.807, 2.05) is 24.3 Å². The zero-order valence-corrected chi connectivity index (χ0v) is 20.9. The van der Waals surface area contributed by atoms with Crippen molar-refractivity contribution < 1.29 is 19.0 Å². The third kappa shape index (κ3) is 5.72. The zero-order valence-electron chi connectivity index (χ0n) is 20.1. The van der Waals surface area contributed by atoms with E-state index in [0.29, 0.717) is 39.0 Å². The molecular formula is C27H26ClN3O5. The maximum Gasteiger partial charge on any atom is 0.322 e. The summed E-state index contributed by atoms with van der Waals surface area (Å²) in [6, 6.07) is 19.2. The number of halogens is 1. The number of urea groups is 1. The first-order chi connectivity index (χ1) is 17.4. The number of amides is 2. The topological polar surface area (TPSA) is 92.9 Å². The van der Waals surface area contributed by atoms with Crippen LogP contribution >= 0.6 is 11.6 Å². The second-order valence-electron chi connectivity index (χ2n) is 8.06. The summed E-state index contributed by atoms with van der Waals surface area (Å²) in [7, 11) is 4.68. The molecule has 0 saturated carbocycles. The molecule has 4 rings (SSSR count). The Morgan fingerprint density at radius 3 is 2.31 bits per heavy atom.